The van der Waals surface area contributed by atoms with Crippen LogP contribution in [0.4, 0.5) is 8.78 Å². The smallest absolute Gasteiger partial charge is 0.402 e. The number of hydrogen-bond donors (Lipinski definition) is 1. The predicted octanol–water partition coefficient (Wildman–Crippen LogP) is 1.55. The minimum absolute atomic E-state index is 0.0980. The first kappa shape index (κ1) is 11.9. The number of hydrogen-bond acceptors (Lipinski definition) is 3. The van der Waals surface area contributed by atoms with E-state index in [1.165, 1.54) is 12.1 Å². The van der Waals surface area contributed by atoms with Crippen molar-refractivity contribution in [1.29, 1.82) is 0 Å². The van der Waals surface area contributed by atoms with Gasteiger partial charge in [0, 0.05) is 0 Å². The van der Waals surface area contributed by atoms with Crippen molar-refractivity contribution in [3.05, 3.63) is 30.3 Å². The number of rotatable bonds is 4. The Kier molecular flexibility index (Phi) is 3.25. The van der Waals surface area contributed by atoms with Crippen LogP contribution in [0.3, 0.4) is 0 Å². The molecule has 0 saturated carbocycles. The fourth-order valence-electron chi connectivity index (χ4n) is 0.759. The van der Waals surface area contributed by atoms with Crippen molar-refractivity contribution in [3.63, 3.8) is 0 Å². The van der Waals surface area contributed by atoms with Gasteiger partial charge in [-0.1, -0.05) is 18.2 Å². The summed E-state index contributed by atoms with van der Waals surface area (Å²) in [4.78, 5) is 0. The molecule has 0 aliphatic rings. The van der Waals surface area contributed by atoms with Gasteiger partial charge >= 0.3 is 15.4 Å². The van der Waals surface area contributed by atoms with E-state index in [0.717, 1.165) is 0 Å². The van der Waals surface area contributed by atoms with Crippen molar-refractivity contribution >= 4 is 10.1 Å². The fourth-order valence-corrected chi connectivity index (χ4v) is 0.966. The summed E-state index contributed by atoms with van der Waals surface area (Å²) in [6, 6.07) is 7.51. The van der Waals surface area contributed by atoms with Crippen molar-refractivity contribution in [2.24, 2.45) is 0 Å². The van der Waals surface area contributed by atoms with Crippen LogP contribution in [0.2, 0.25) is 0 Å². The van der Waals surface area contributed by atoms with Gasteiger partial charge in [-0.2, -0.15) is 17.2 Å². The summed E-state index contributed by atoms with van der Waals surface area (Å²) < 4.78 is 58.4. The maximum absolute atomic E-state index is 12.7. The molecular formula is C8H8F2O4S. The van der Waals surface area contributed by atoms with E-state index in [4.69, 9.17) is 4.55 Å². The minimum Gasteiger partial charge on any atom is -0.486 e. The van der Waals surface area contributed by atoms with Crippen LogP contribution in [0.1, 0.15) is 0 Å². The van der Waals surface area contributed by atoms with E-state index in [1.807, 2.05) is 0 Å². The molecule has 0 heterocycles. The Labute approximate surface area is 85.2 Å². The second kappa shape index (κ2) is 4.11. The van der Waals surface area contributed by atoms with Crippen molar-refractivity contribution in [2.45, 2.75) is 5.25 Å². The largest absolute Gasteiger partial charge is 0.486 e. The van der Waals surface area contributed by atoms with Gasteiger partial charge in [0.2, 0.25) is 0 Å². The Hall–Kier alpha value is -1.21. The second-order valence-electron chi connectivity index (χ2n) is 2.71. The monoisotopic (exact) mass is 238 g/mol. The summed E-state index contributed by atoms with van der Waals surface area (Å²) >= 11 is 0. The van der Waals surface area contributed by atoms with Gasteiger partial charge in [0.05, 0.1) is 0 Å². The van der Waals surface area contributed by atoms with Crippen molar-refractivity contribution in [1.82, 2.24) is 0 Å². The Balaban J connectivity index is 2.66. The lowest BCUT2D eigenvalue weighted by Crippen LogP contribution is -2.34. The molecule has 0 atom stereocenters. The lowest BCUT2D eigenvalue weighted by molar-refractivity contribution is 0.0288. The first-order chi connectivity index (χ1) is 6.83. The summed E-state index contributed by atoms with van der Waals surface area (Å²) in [5, 5.41) is -4.30. The van der Waals surface area contributed by atoms with Crippen LogP contribution >= 0.6 is 0 Å². The average molecular weight is 238 g/mol. The standard InChI is InChI=1S/C8H8F2O4S/c9-8(10,15(11,12)13)6-14-7-4-2-1-3-5-7/h1-5H,6H2,(H,11,12,13). The Morgan fingerprint density at radius 1 is 1.27 bits per heavy atom. The maximum Gasteiger partial charge on any atom is 0.402 e. The molecule has 15 heavy (non-hydrogen) atoms. The average Bonchev–Trinajstić information content (AvgIpc) is 2.15. The third-order valence-corrected chi connectivity index (χ3v) is 2.40. The van der Waals surface area contributed by atoms with Gasteiger partial charge in [0.1, 0.15) is 5.75 Å². The summed E-state index contributed by atoms with van der Waals surface area (Å²) in [6.45, 7) is -1.42. The summed E-state index contributed by atoms with van der Waals surface area (Å²) in [5.74, 6) is 0.0980. The van der Waals surface area contributed by atoms with Crippen LogP contribution < -0.4 is 4.74 Å². The molecule has 0 aromatic heterocycles. The van der Waals surface area contributed by atoms with E-state index in [2.05, 4.69) is 4.74 Å². The quantitative estimate of drug-likeness (QED) is 0.808. The third-order valence-electron chi connectivity index (χ3n) is 1.53. The molecule has 7 heteroatoms. The number of halogens is 2. The van der Waals surface area contributed by atoms with E-state index in [0.29, 0.717) is 0 Å². The van der Waals surface area contributed by atoms with Crippen molar-refractivity contribution < 1.29 is 26.5 Å². The van der Waals surface area contributed by atoms with E-state index >= 15 is 0 Å². The van der Waals surface area contributed by atoms with Crippen LogP contribution in [-0.4, -0.2) is 24.8 Å². The maximum atomic E-state index is 12.7. The van der Waals surface area contributed by atoms with E-state index in [1.54, 1.807) is 18.2 Å². The molecule has 1 aromatic carbocycles. The van der Waals surface area contributed by atoms with E-state index in [9.17, 15) is 17.2 Å². The number of para-hydroxylation sites is 1. The van der Waals surface area contributed by atoms with Gasteiger partial charge in [0.25, 0.3) is 0 Å². The highest BCUT2D eigenvalue weighted by atomic mass is 32.2. The molecule has 0 amide bonds. The number of ether oxygens (including phenoxy) is 1. The molecule has 1 aromatic rings. The van der Waals surface area contributed by atoms with Crippen LogP contribution in [0.25, 0.3) is 0 Å². The molecule has 4 nitrogen and oxygen atoms in total. The van der Waals surface area contributed by atoms with E-state index in [-0.39, 0.29) is 5.75 Å². The molecule has 84 valence electrons. The zero-order valence-electron chi connectivity index (χ0n) is 7.43. The van der Waals surface area contributed by atoms with Crippen LogP contribution in [0, 0.1) is 0 Å². The summed E-state index contributed by atoms with van der Waals surface area (Å²) in [5.41, 5.74) is 0. The molecule has 0 aliphatic carbocycles. The predicted molar refractivity (Wildman–Crippen MR) is 48.4 cm³/mol. The Morgan fingerprint density at radius 2 is 1.80 bits per heavy atom. The van der Waals surface area contributed by atoms with Gasteiger partial charge in [-0.3, -0.25) is 4.55 Å². The molecule has 1 N–H and O–H groups in total. The van der Waals surface area contributed by atoms with Gasteiger partial charge in [0.15, 0.2) is 6.61 Å². The normalized spacial score (nSPS) is 12.5. The molecule has 1 rings (SSSR count). The number of alkyl halides is 2. The van der Waals surface area contributed by atoms with Crippen LogP contribution in [0.15, 0.2) is 30.3 Å². The SMILES string of the molecule is O=S(=O)(O)C(F)(F)COc1ccccc1. The van der Waals surface area contributed by atoms with Crippen molar-refractivity contribution in [3.8, 4) is 5.75 Å². The molecule has 0 spiro atoms. The molecule has 0 unspecified atom stereocenters. The molecule has 0 fully saturated rings. The number of benzene rings is 1. The highest BCUT2D eigenvalue weighted by Crippen LogP contribution is 2.22. The molecule has 0 saturated heterocycles. The van der Waals surface area contributed by atoms with Gasteiger partial charge < -0.3 is 4.74 Å². The van der Waals surface area contributed by atoms with E-state index < -0.39 is 22.0 Å². The summed E-state index contributed by atoms with van der Waals surface area (Å²) in [7, 11) is -5.43. The highest BCUT2D eigenvalue weighted by molar-refractivity contribution is 7.86. The zero-order chi connectivity index (χ0) is 11.5. The first-order valence-corrected chi connectivity index (χ1v) is 5.30. The highest BCUT2D eigenvalue weighted by Gasteiger charge is 2.45. The summed E-state index contributed by atoms with van der Waals surface area (Å²) in [6.07, 6.45) is 0. The van der Waals surface area contributed by atoms with Gasteiger partial charge in [-0.25, -0.2) is 0 Å². The van der Waals surface area contributed by atoms with Crippen molar-refractivity contribution in [2.75, 3.05) is 6.61 Å². The Morgan fingerprint density at radius 3 is 2.27 bits per heavy atom. The second-order valence-corrected chi connectivity index (χ2v) is 4.26. The molecule has 0 bridgehead atoms. The molecular weight excluding hydrogens is 230 g/mol. The molecule has 0 aliphatic heterocycles. The zero-order valence-corrected chi connectivity index (χ0v) is 8.25. The topological polar surface area (TPSA) is 63.6 Å². The molecule has 0 radical (unpaired) electrons. The third kappa shape index (κ3) is 3.14. The first-order valence-electron chi connectivity index (χ1n) is 3.86. The van der Waals surface area contributed by atoms with Crippen LogP contribution in [-0.2, 0) is 10.1 Å². The minimum atomic E-state index is -5.43. The van der Waals surface area contributed by atoms with Crippen LogP contribution in [0.5, 0.6) is 5.75 Å². The Bertz CT molecular complexity index is 416. The lowest BCUT2D eigenvalue weighted by Gasteiger charge is -2.13. The van der Waals surface area contributed by atoms with Gasteiger partial charge in [-0.05, 0) is 12.1 Å². The fraction of sp³-hybridized carbons (Fsp3) is 0.250. The van der Waals surface area contributed by atoms with Gasteiger partial charge in [-0.15, -0.1) is 0 Å². The lowest BCUT2D eigenvalue weighted by atomic mass is 10.3.